The molecule has 2 heterocycles. The lowest BCUT2D eigenvalue weighted by atomic mass is 10.1. The molecule has 144 valence electrons. The van der Waals surface area contributed by atoms with Crippen LogP contribution >= 0.6 is 11.8 Å². The van der Waals surface area contributed by atoms with Gasteiger partial charge in [-0.1, -0.05) is 29.5 Å². The largest absolute Gasteiger partial charge is 0.341 e. The van der Waals surface area contributed by atoms with E-state index in [0.29, 0.717) is 11.0 Å². The molecule has 0 saturated heterocycles. The number of rotatable bonds is 5. The van der Waals surface area contributed by atoms with Crippen LogP contribution < -0.4 is 10.6 Å². The molecule has 0 aliphatic rings. The number of aromatic nitrogens is 4. The van der Waals surface area contributed by atoms with E-state index in [1.807, 2.05) is 42.7 Å². The summed E-state index contributed by atoms with van der Waals surface area (Å²) in [5.41, 5.74) is 3.94. The lowest BCUT2D eigenvalue weighted by molar-refractivity contribution is -0.117. The number of imide groups is 1. The minimum atomic E-state index is -0.544. The molecule has 0 bridgehead atoms. The van der Waals surface area contributed by atoms with Crippen molar-refractivity contribution in [3.63, 3.8) is 0 Å². The monoisotopic (exact) mass is 396 g/mol. The van der Waals surface area contributed by atoms with Crippen LogP contribution in [0.15, 0.2) is 47.9 Å². The van der Waals surface area contributed by atoms with Crippen molar-refractivity contribution < 1.29 is 9.59 Å². The zero-order valence-electron chi connectivity index (χ0n) is 15.8. The summed E-state index contributed by atoms with van der Waals surface area (Å²) in [5, 5.41) is 13.7. The van der Waals surface area contributed by atoms with Crippen molar-refractivity contribution >= 4 is 23.7 Å². The van der Waals surface area contributed by atoms with E-state index >= 15 is 0 Å². The minimum Gasteiger partial charge on any atom is -0.341 e. The van der Waals surface area contributed by atoms with Crippen molar-refractivity contribution in [3.8, 4) is 17.1 Å². The first-order chi connectivity index (χ1) is 13.5. The van der Waals surface area contributed by atoms with E-state index < -0.39 is 11.9 Å². The standard InChI is InChI=1S/C19H20N6O2S/c1-12-6-7-15(13(2)9-12)25-17(14-5-4-8-21-10-14)23-24-19(25)28-11-16(26)22-18(27)20-3/h4-10H,11H2,1-3H3,(H2,20,22,26,27). The van der Waals surface area contributed by atoms with Gasteiger partial charge < -0.3 is 5.32 Å². The molecule has 3 aromatic rings. The van der Waals surface area contributed by atoms with Gasteiger partial charge in [-0.15, -0.1) is 10.2 Å². The maximum Gasteiger partial charge on any atom is 0.321 e. The number of urea groups is 1. The van der Waals surface area contributed by atoms with Gasteiger partial charge in [0.25, 0.3) is 0 Å². The van der Waals surface area contributed by atoms with Gasteiger partial charge >= 0.3 is 6.03 Å². The summed E-state index contributed by atoms with van der Waals surface area (Å²) in [7, 11) is 1.45. The molecule has 0 radical (unpaired) electrons. The topological polar surface area (TPSA) is 102 Å². The molecule has 28 heavy (non-hydrogen) atoms. The van der Waals surface area contributed by atoms with Crippen LogP contribution in [0, 0.1) is 13.8 Å². The molecule has 0 aliphatic carbocycles. The number of hydrogen-bond donors (Lipinski definition) is 2. The Morgan fingerprint density at radius 3 is 2.68 bits per heavy atom. The highest BCUT2D eigenvalue weighted by Gasteiger charge is 2.19. The number of nitrogens with zero attached hydrogens (tertiary/aromatic N) is 4. The fourth-order valence-corrected chi connectivity index (χ4v) is 3.42. The molecule has 0 atom stereocenters. The molecular formula is C19H20N6O2S. The highest BCUT2D eigenvalue weighted by atomic mass is 32.2. The van der Waals surface area contributed by atoms with Gasteiger partial charge in [0.15, 0.2) is 11.0 Å². The highest BCUT2D eigenvalue weighted by molar-refractivity contribution is 7.99. The van der Waals surface area contributed by atoms with Gasteiger partial charge in [-0.05, 0) is 37.6 Å². The Labute approximate surface area is 166 Å². The van der Waals surface area contributed by atoms with E-state index in [4.69, 9.17) is 0 Å². The predicted octanol–water partition coefficient (Wildman–Crippen LogP) is 2.49. The van der Waals surface area contributed by atoms with Crippen LogP contribution in [0.3, 0.4) is 0 Å². The lowest BCUT2D eigenvalue weighted by Crippen LogP contribution is -2.38. The van der Waals surface area contributed by atoms with Gasteiger partial charge in [0.1, 0.15) is 0 Å². The number of nitrogens with one attached hydrogen (secondary N) is 2. The number of pyridine rings is 1. The van der Waals surface area contributed by atoms with Crippen LogP contribution in [0.2, 0.25) is 0 Å². The quantitative estimate of drug-likeness (QED) is 0.643. The Balaban J connectivity index is 1.98. The summed E-state index contributed by atoms with van der Waals surface area (Å²) < 4.78 is 1.91. The van der Waals surface area contributed by atoms with Gasteiger partial charge in [0, 0.05) is 25.0 Å². The fourth-order valence-electron chi connectivity index (χ4n) is 2.67. The number of amides is 3. The van der Waals surface area contributed by atoms with Crippen molar-refractivity contribution in [2.75, 3.05) is 12.8 Å². The second-order valence-corrected chi connectivity index (χ2v) is 7.03. The summed E-state index contributed by atoms with van der Waals surface area (Å²) in [6.07, 6.45) is 3.41. The summed E-state index contributed by atoms with van der Waals surface area (Å²) in [5.74, 6) is 0.250. The Kier molecular flexibility index (Phi) is 6.05. The van der Waals surface area contributed by atoms with Crippen molar-refractivity contribution in [2.45, 2.75) is 19.0 Å². The summed E-state index contributed by atoms with van der Waals surface area (Å²) in [6.45, 7) is 4.05. The second kappa shape index (κ2) is 8.66. The molecule has 9 heteroatoms. The molecule has 2 N–H and O–H groups in total. The highest BCUT2D eigenvalue weighted by Crippen LogP contribution is 2.29. The molecule has 8 nitrogen and oxygen atoms in total. The van der Waals surface area contributed by atoms with E-state index in [2.05, 4.69) is 31.9 Å². The SMILES string of the molecule is CNC(=O)NC(=O)CSc1nnc(-c2cccnc2)n1-c1ccc(C)cc1C. The molecule has 0 fully saturated rings. The van der Waals surface area contributed by atoms with Gasteiger partial charge in [-0.25, -0.2) is 4.79 Å². The third kappa shape index (κ3) is 4.37. The molecule has 1 aromatic carbocycles. The van der Waals surface area contributed by atoms with Crippen molar-refractivity contribution in [1.82, 2.24) is 30.4 Å². The number of benzene rings is 1. The smallest absolute Gasteiger partial charge is 0.321 e. The zero-order valence-corrected chi connectivity index (χ0v) is 16.6. The molecule has 3 amide bonds. The fraction of sp³-hybridized carbons (Fsp3) is 0.211. The number of aryl methyl sites for hydroxylation is 2. The van der Waals surface area contributed by atoms with Gasteiger partial charge in [-0.2, -0.15) is 0 Å². The van der Waals surface area contributed by atoms with Crippen LogP contribution in [0.25, 0.3) is 17.1 Å². The lowest BCUT2D eigenvalue weighted by Gasteiger charge is -2.13. The molecular weight excluding hydrogens is 376 g/mol. The zero-order chi connectivity index (χ0) is 20.1. The van der Waals surface area contributed by atoms with Crippen LogP contribution in [0.1, 0.15) is 11.1 Å². The summed E-state index contributed by atoms with van der Waals surface area (Å²) in [4.78, 5) is 27.4. The van der Waals surface area contributed by atoms with Crippen molar-refractivity contribution in [1.29, 1.82) is 0 Å². The summed E-state index contributed by atoms with van der Waals surface area (Å²) >= 11 is 1.21. The normalized spacial score (nSPS) is 10.5. The van der Waals surface area contributed by atoms with E-state index in [9.17, 15) is 9.59 Å². The average Bonchev–Trinajstić information content (AvgIpc) is 3.10. The van der Waals surface area contributed by atoms with Crippen molar-refractivity contribution in [3.05, 3.63) is 53.9 Å². The van der Waals surface area contributed by atoms with E-state index in [1.165, 1.54) is 18.8 Å². The van der Waals surface area contributed by atoms with Gasteiger partial charge in [0.05, 0.1) is 11.4 Å². The summed E-state index contributed by atoms with van der Waals surface area (Å²) in [6, 6.07) is 9.29. The van der Waals surface area contributed by atoms with Crippen LogP contribution in [0.5, 0.6) is 0 Å². The Morgan fingerprint density at radius 2 is 2.00 bits per heavy atom. The van der Waals surface area contributed by atoms with Crippen LogP contribution in [0.4, 0.5) is 4.79 Å². The first kappa shape index (κ1) is 19.6. The minimum absolute atomic E-state index is 0.0313. The van der Waals surface area contributed by atoms with Gasteiger partial charge in [-0.3, -0.25) is 19.7 Å². The van der Waals surface area contributed by atoms with Crippen molar-refractivity contribution in [2.24, 2.45) is 0 Å². The first-order valence-electron chi connectivity index (χ1n) is 8.57. The third-order valence-corrected chi connectivity index (χ3v) is 4.89. The maximum atomic E-state index is 12.0. The van der Waals surface area contributed by atoms with E-state index in [0.717, 1.165) is 22.4 Å². The molecule has 0 aliphatic heterocycles. The Hall–Kier alpha value is -3.20. The van der Waals surface area contributed by atoms with Crippen LogP contribution in [-0.2, 0) is 4.79 Å². The molecule has 2 aromatic heterocycles. The average molecular weight is 396 g/mol. The van der Waals surface area contributed by atoms with Gasteiger partial charge in [0.2, 0.25) is 5.91 Å². The Bertz CT molecular complexity index is 1000. The number of carbonyl (C=O) groups excluding carboxylic acids is 2. The van der Waals surface area contributed by atoms with E-state index in [1.54, 1.807) is 12.4 Å². The molecule has 0 saturated carbocycles. The number of hydrogen-bond acceptors (Lipinski definition) is 6. The number of carbonyl (C=O) groups is 2. The molecule has 3 rings (SSSR count). The Morgan fingerprint density at radius 1 is 1.18 bits per heavy atom. The number of thioether (sulfide) groups is 1. The first-order valence-corrected chi connectivity index (χ1v) is 9.56. The predicted molar refractivity (Wildman–Crippen MR) is 107 cm³/mol. The van der Waals surface area contributed by atoms with Crippen LogP contribution in [-0.4, -0.2) is 44.5 Å². The third-order valence-electron chi connectivity index (χ3n) is 3.96. The maximum absolute atomic E-state index is 12.0. The molecule has 0 unspecified atom stereocenters. The van der Waals surface area contributed by atoms with E-state index in [-0.39, 0.29) is 5.75 Å². The molecule has 0 spiro atoms. The second-order valence-electron chi connectivity index (χ2n) is 6.09.